The lowest BCUT2D eigenvalue weighted by Crippen LogP contribution is -2.30. The van der Waals surface area contributed by atoms with Crippen LogP contribution in [0.1, 0.15) is 36.9 Å². The summed E-state index contributed by atoms with van der Waals surface area (Å²) in [5.41, 5.74) is -0.154. The molecular formula is C13H19ClN2O3S. The van der Waals surface area contributed by atoms with E-state index in [-0.39, 0.29) is 16.9 Å². The molecule has 0 aromatic carbocycles. The number of methoxy groups -OCH3 is 1. The number of hydrogen-bond donors (Lipinski definition) is 0. The molecule has 0 aliphatic carbocycles. The van der Waals surface area contributed by atoms with E-state index in [2.05, 4.69) is 14.6 Å². The van der Waals surface area contributed by atoms with Crippen molar-refractivity contribution in [3.8, 4) is 0 Å². The van der Waals surface area contributed by atoms with E-state index < -0.39 is 5.97 Å². The number of ether oxygens (including phenoxy) is 2. The number of aromatic nitrogens is 1. The maximum Gasteiger partial charge on any atom is 0.351 e. The monoisotopic (exact) mass is 318 g/mol. The Kier molecular flexibility index (Phi) is 4.56. The van der Waals surface area contributed by atoms with E-state index >= 15 is 0 Å². The Balaban J connectivity index is 2.05. The van der Waals surface area contributed by atoms with E-state index in [1.807, 2.05) is 20.8 Å². The molecule has 1 aromatic heterocycles. The van der Waals surface area contributed by atoms with E-state index in [1.165, 1.54) is 18.4 Å². The normalized spacial score (nSPS) is 19.4. The summed E-state index contributed by atoms with van der Waals surface area (Å²) < 4.78 is 10.7. The van der Waals surface area contributed by atoms with Crippen LogP contribution < -0.4 is 4.90 Å². The first kappa shape index (κ1) is 15.5. The van der Waals surface area contributed by atoms with Gasteiger partial charge >= 0.3 is 5.97 Å². The second kappa shape index (κ2) is 5.87. The molecule has 7 heteroatoms. The Morgan fingerprint density at radius 2 is 2.20 bits per heavy atom. The van der Waals surface area contributed by atoms with Crippen LogP contribution in [-0.4, -0.2) is 42.9 Å². The standard InChI is InChI=1S/C13H19ClN2O3S/c1-13(2,3)19-8-5-6-16(7-8)12-15-10(14)9(20-12)11(17)18-4/h8H,5-7H2,1-4H3/t8-/m1/s1. The Labute approximate surface area is 127 Å². The molecule has 1 saturated heterocycles. The summed E-state index contributed by atoms with van der Waals surface area (Å²) in [6.45, 7) is 7.76. The number of esters is 1. The molecule has 0 radical (unpaired) electrons. The van der Waals surface area contributed by atoms with Crippen LogP contribution >= 0.6 is 22.9 Å². The Morgan fingerprint density at radius 1 is 1.50 bits per heavy atom. The van der Waals surface area contributed by atoms with Gasteiger partial charge in [0.05, 0.1) is 18.8 Å². The third-order valence-corrected chi connectivity index (χ3v) is 4.36. The van der Waals surface area contributed by atoms with Gasteiger partial charge in [0.15, 0.2) is 15.2 Å². The van der Waals surface area contributed by atoms with Crippen LogP contribution in [0.25, 0.3) is 0 Å². The van der Waals surface area contributed by atoms with Crippen molar-refractivity contribution in [2.75, 3.05) is 25.1 Å². The van der Waals surface area contributed by atoms with Crippen LogP contribution in [0.3, 0.4) is 0 Å². The van der Waals surface area contributed by atoms with Gasteiger partial charge < -0.3 is 14.4 Å². The second-order valence-electron chi connectivity index (χ2n) is 5.69. The van der Waals surface area contributed by atoms with Gasteiger partial charge in [-0.05, 0) is 27.2 Å². The summed E-state index contributed by atoms with van der Waals surface area (Å²) in [4.78, 5) is 18.2. The van der Waals surface area contributed by atoms with Crippen molar-refractivity contribution >= 4 is 34.0 Å². The van der Waals surface area contributed by atoms with Crippen LogP contribution in [0, 0.1) is 0 Å². The van der Waals surface area contributed by atoms with E-state index in [0.29, 0.717) is 4.88 Å². The predicted molar refractivity (Wildman–Crippen MR) is 79.9 cm³/mol. The van der Waals surface area contributed by atoms with Gasteiger partial charge in [-0.1, -0.05) is 22.9 Å². The molecule has 1 aliphatic heterocycles. The number of hydrogen-bond acceptors (Lipinski definition) is 6. The lowest BCUT2D eigenvalue weighted by atomic mass is 10.2. The van der Waals surface area contributed by atoms with E-state index in [1.54, 1.807) is 0 Å². The fourth-order valence-electron chi connectivity index (χ4n) is 2.14. The minimum Gasteiger partial charge on any atom is -0.465 e. The fraction of sp³-hybridized carbons (Fsp3) is 0.692. The number of carbonyl (C=O) groups is 1. The molecule has 0 bridgehead atoms. The number of carbonyl (C=O) groups excluding carboxylic acids is 1. The molecule has 0 saturated carbocycles. The van der Waals surface area contributed by atoms with Crippen molar-refractivity contribution in [2.24, 2.45) is 0 Å². The molecule has 1 fully saturated rings. The topological polar surface area (TPSA) is 51.7 Å². The Hall–Kier alpha value is -0.850. The summed E-state index contributed by atoms with van der Waals surface area (Å²) in [5.74, 6) is -0.444. The molecule has 1 aliphatic rings. The molecule has 1 aromatic rings. The molecule has 2 heterocycles. The zero-order chi connectivity index (χ0) is 14.9. The zero-order valence-electron chi connectivity index (χ0n) is 12.1. The van der Waals surface area contributed by atoms with E-state index in [4.69, 9.17) is 16.3 Å². The lowest BCUT2D eigenvalue weighted by Gasteiger charge is -2.24. The van der Waals surface area contributed by atoms with Crippen molar-refractivity contribution in [3.05, 3.63) is 10.0 Å². The molecule has 1 atom stereocenters. The van der Waals surface area contributed by atoms with Gasteiger partial charge in [-0.15, -0.1) is 0 Å². The molecule has 0 spiro atoms. The number of halogens is 1. The highest BCUT2D eigenvalue weighted by atomic mass is 35.5. The average molecular weight is 319 g/mol. The van der Waals surface area contributed by atoms with Crippen LogP contribution in [0.2, 0.25) is 5.15 Å². The molecule has 5 nitrogen and oxygen atoms in total. The van der Waals surface area contributed by atoms with Gasteiger partial charge in [-0.25, -0.2) is 9.78 Å². The summed E-state index contributed by atoms with van der Waals surface area (Å²) in [5, 5.41) is 0.951. The van der Waals surface area contributed by atoms with Crippen molar-refractivity contribution in [1.82, 2.24) is 4.98 Å². The first-order chi connectivity index (χ1) is 9.30. The first-order valence-electron chi connectivity index (χ1n) is 6.47. The highest BCUT2D eigenvalue weighted by Gasteiger charge is 2.30. The molecule has 0 N–H and O–H groups in total. The number of nitrogens with zero attached hydrogens (tertiary/aromatic N) is 2. The minimum absolute atomic E-state index is 0.154. The van der Waals surface area contributed by atoms with Gasteiger partial charge in [-0.2, -0.15) is 0 Å². The third kappa shape index (κ3) is 3.62. The predicted octanol–water partition coefficient (Wildman–Crippen LogP) is 2.98. The number of rotatable bonds is 3. The van der Waals surface area contributed by atoms with Crippen molar-refractivity contribution < 1.29 is 14.3 Å². The second-order valence-corrected chi connectivity index (χ2v) is 7.03. The van der Waals surface area contributed by atoms with E-state index in [9.17, 15) is 4.79 Å². The Bertz CT molecular complexity index is 498. The molecule has 2 rings (SSSR count). The molecule has 112 valence electrons. The largest absolute Gasteiger partial charge is 0.465 e. The maximum atomic E-state index is 11.5. The van der Waals surface area contributed by atoms with Crippen LogP contribution in [-0.2, 0) is 9.47 Å². The van der Waals surface area contributed by atoms with Gasteiger partial charge in [0, 0.05) is 13.1 Å². The van der Waals surface area contributed by atoms with Crippen molar-refractivity contribution in [2.45, 2.75) is 38.9 Å². The molecule has 0 amide bonds. The van der Waals surface area contributed by atoms with Crippen molar-refractivity contribution in [3.63, 3.8) is 0 Å². The quantitative estimate of drug-likeness (QED) is 0.802. The highest BCUT2D eigenvalue weighted by molar-refractivity contribution is 7.18. The van der Waals surface area contributed by atoms with Crippen molar-refractivity contribution in [1.29, 1.82) is 0 Å². The van der Waals surface area contributed by atoms with Crippen LogP contribution in [0.5, 0.6) is 0 Å². The van der Waals surface area contributed by atoms with Gasteiger partial charge in [0.2, 0.25) is 0 Å². The third-order valence-electron chi connectivity index (χ3n) is 2.88. The number of thiazole rings is 1. The Morgan fingerprint density at radius 3 is 2.80 bits per heavy atom. The molecular weight excluding hydrogens is 300 g/mol. The maximum absolute atomic E-state index is 11.5. The molecule has 0 unspecified atom stereocenters. The van der Waals surface area contributed by atoms with Gasteiger partial charge in [-0.3, -0.25) is 0 Å². The van der Waals surface area contributed by atoms with Crippen LogP contribution in [0.4, 0.5) is 5.13 Å². The SMILES string of the molecule is COC(=O)c1sc(N2CC[C@@H](OC(C)(C)C)C2)nc1Cl. The highest BCUT2D eigenvalue weighted by Crippen LogP contribution is 2.33. The zero-order valence-corrected chi connectivity index (χ0v) is 13.7. The van der Waals surface area contributed by atoms with Gasteiger partial charge in [0.25, 0.3) is 0 Å². The first-order valence-corrected chi connectivity index (χ1v) is 7.67. The average Bonchev–Trinajstić information content (AvgIpc) is 2.93. The number of anilines is 1. The molecule has 20 heavy (non-hydrogen) atoms. The summed E-state index contributed by atoms with van der Waals surface area (Å²) in [6, 6.07) is 0. The lowest BCUT2D eigenvalue weighted by molar-refractivity contribution is -0.0492. The smallest absolute Gasteiger partial charge is 0.351 e. The summed E-state index contributed by atoms with van der Waals surface area (Å²) in [6.07, 6.45) is 1.13. The summed E-state index contributed by atoms with van der Waals surface area (Å²) >= 11 is 7.24. The van der Waals surface area contributed by atoms with Gasteiger partial charge in [0.1, 0.15) is 0 Å². The fourth-order valence-corrected chi connectivity index (χ4v) is 3.38. The minimum atomic E-state index is -0.444. The van der Waals surface area contributed by atoms with E-state index in [0.717, 1.165) is 24.6 Å². The van der Waals surface area contributed by atoms with Crippen LogP contribution in [0.15, 0.2) is 0 Å². The summed E-state index contributed by atoms with van der Waals surface area (Å²) in [7, 11) is 1.33.